The summed E-state index contributed by atoms with van der Waals surface area (Å²) in [5, 5.41) is 6.93. The van der Waals surface area contributed by atoms with Gasteiger partial charge in [-0.05, 0) is 26.0 Å². The van der Waals surface area contributed by atoms with Crippen molar-refractivity contribution >= 4 is 5.91 Å². The second-order valence-corrected chi connectivity index (χ2v) is 6.78. The zero-order valence-corrected chi connectivity index (χ0v) is 15.7. The summed E-state index contributed by atoms with van der Waals surface area (Å²) in [5.41, 5.74) is 0.530. The molecule has 0 N–H and O–H groups in total. The van der Waals surface area contributed by atoms with E-state index in [1.54, 1.807) is 13.8 Å². The SMILES string of the molecule is Cc1cc(C(=O)N2Cc3c(F)cc(-c4noc(C(F)(F)F)n4)cc3OC[C@@H]2C)on1. The molecule has 3 aromatic rings. The van der Waals surface area contributed by atoms with E-state index in [4.69, 9.17) is 9.26 Å². The van der Waals surface area contributed by atoms with Gasteiger partial charge in [-0.2, -0.15) is 18.2 Å². The number of benzene rings is 1. The molecule has 1 aliphatic rings. The molecule has 30 heavy (non-hydrogen) atoms. The molecular weight excluding hydrogens is 412 g/mol. The first-order valence-corrected chi connectivity index (χ1v) is 8.74. The third-order valence-corrected chi connectivity index (χ3v) is 4.52. The third-order valence-electron chi connectivity index (χ3n) is 4.52. The molecule has 1 atom stereocenters. The largest absolute Gasteiger partial charge is 0.491 e. The van der Waals surface area contributed by atoms with Crippen molar-refractivity contribution < 1.29 is 36.1 Å². The Morgan fingerprint density at radius 3 is 2.60 bits per heavy atom. The molecule has 8 nitrogen and oxygen atoms in total. The van der Waals surface area contributed by atoms with E-state index >= 15 is 0 Å². The molecule has 0 radical (unpaired) electrons. The molecule has 0 unspecified atom stereocenters. The number of nitrogens with zero attached hydrogens (tertiary/aromatic N) is 4. The van der Waals surface area contributed by atoms with Crippen LogP contribution < -0.4 is 4.74 Å². The van der Waals surface area contributed by atoms with Gasteiger partial charge in [0, 0.05) is 17.2 Å². The van der Waals surface area contributed by atoms with Crippen molar-refractivity contribution in [3.05, 3.63) is 46.9 Å². The fourth-order valence-corrected chi connectivity index (χ4v) is 2.98. The van der Waals surface area contributed by atoms with Crippen molar-refractivity contribution in [3.63, 3.8) is 0 Å². The fourth-order valence-electron chi connectivity index (χ4n) is 2.98. The molecule has 0 fully saturated rings. The quantitative estimate of drug-likeness (QED) is 0.578. The Balaban J connectivity index is 1.67. The lowest BCUT2D eigenvalue weighted by atomic mass is 10.1. The number of carbonyl (C=O) groups is 1. The van der Waals surface area contributed by atoms with Crippen LogP contribution in [-0.2, 0) is 12.7 Å². The Morgan fingerprint density at radius 2 is 1.97 bits per heavy atom. The molecule has 0 saturated carbocycles. The maximum Gasteiger partial charge on any atom is 0.471 e. The van der Waals surface area contributed by atoms with E-state index in [2.05, 4.69) is 19.8 Å². The summed E-state index contributed by atoms with van der Waals surface area (Å²) in [6, 6.07) is 3.29. The average Bonchev–Trinajstić information content (AvgIpc) is 3.30. The normalized spacial score (nSPS) is 16.7. The molecule has 4 rings (SSSR count). The van der Waals surface area contributed by atoms with Crippen LogP contribution in [0.15, 0.2) is 27.2 Å². The summed E-state index contributed by atoms with van der Waals surface area (Å²) in [7, 11) is 0. The van der Waals surface area contributed by atoms with Crippen LogP contribution in [0.2, 0.25) is 0 Å². The lowest BCUT2D eigenvalue weighted by Gasteiger charge is -2.25. The molecule has 0 spiro atoms. The number of hydrogen-bond acceptors (Lipinski definition) is 7. The number of ether oxygens (including phenoxy) is 1. The van der Waals surface area contributed by atoms with Gasteiger partial charge in [0.25, 0.3) is 5.91 Å². The van der Waals surface area contributed by atoms with Crippen molar-refractivity contribution in [2.75, 3.05) is 6.61 Å². The van der Waals surface area contributed by atoms with Crippen LogP contribution in [0.5, 0.6) is 5.75 Å². The minimum atomic E-state index is -4.82. The van der Waals surface area contributed by atoms with Crippen molar-refractivity contribution in [2.45, 2.75) is 32.6 Å². The Hall–Kier alpha value is -3.44. The molecular formula is C18H14F4N4O4. The number of carbonyl (C=O) groups excluding carboxylic acids is 1. The predicted octanol–water partition coefficient (Wildman–Crippen LogP) is 3.61. The van der Waals surface area contributed by atoms with E-state index in [0.717, 1.165) is 6.07 Å². The number of aryl methyl sites for hydroxylation is 1. The zero-order chi connectivity index (χ0) is 21.6. The smallest absolute Gasteiger partial charge is 0.471 e. The monoisotopic (exact) mass is 426 g/mol. The fraction of sp³-hybridized carbons (Fsp3) is 0.333. The summed E-state index contributed by atoms with van der Waals surface area (Å²) in [4.78, 5) is 17.4. The molecule has 0 saturated heterocycles. The summed E-state index contributed by atoms with van der Waals surface area (Å²) in [6.07, 6.45) is -4.82. The van der Waals surface area contributed by atoms with Gasteiger partial charge in [-0.3, -0.25) is 4.79 Å². The van der Waals surface area contributed by atoms with Gasteiger partial charge in [-0.15, -0.1) is 0 Å². The van der Waals surface area contributed by atoms with E-state index in [0.29, 0.717) is 5.69 Å². The highest BCUT2D eigenvalue weighted by atomic mass is 19.4. The van der Waals surface area contributed by atoms with Crippen LogP contribution in [0.3, 0.4) is 0 Å². The maximum atomic E-state index is 14.8. The van der Waals surface area contributed by atoms with Gasteiger partial charge in [0.2, 0.25) is 11.6 Å². The van der Waals surface area contributed by atoms with E-state index in [-0.39, 0.29) is 35.8 Å². The molecule has 1 aromatic carbocycles. The van der Waals surface area contributed by atoms with Crippen LogP contribution in [0.4, 0.5) is 17.6 Å². The molecule has 3 heterocycles. The molecule has 158 valence electrons. The van der Waals surface area contributed by atoms with Gasteiger partial charge in [0.05, 0.1) is 18.3 Å². The number of amides is 1. The third kappa shape index (κ3) is 3.60. The van der Waals surface area contributed by atoms with Gasteiger partial charge >= 0.3 is 12.1 Å². The Bertz CT molecular complexity index is 1110. The van der Waals surface area contributed by atoms with E-state index in [1.165, 1.54) is 17.0 Å². The highest BCUT2D eigenvalue weighted by molar-refractivity contribution is 5.91. The average molecular weight is 426 g/mol. The topological polar surface area (TPSA) is 94.5 Å². The van der Waals surface area contributed by atoms with Gasteiger partial charge in [-0.25, -0.2) is 4.39 Å². The van der Waals surface area contributed by atoms with Gasteiger partial charge in [0.15, 0.2) is 0 Å². The van der Waals surface area contributed by atoms with Gasteiger partial charge < -0.3 is 18.7 Å². The Kier molecular flexibility index (Phi) is 4.71. The van der Waals surface area contributed by atoms with Crippen molar-refractivity contribution in [3.8, 4) is 17.1 Å². The van der Waals surface area contributed by atoms with Crippen molar-refractivity contribution in [2.24, 2.45) is 0 Å². The molecule has 0 bridgehead atoms. The Morgan fingerprint density at radius 1 is 1.20 bits per heavy atom. The maximum absolute atomic E-state index is 14.8. The molecule has 1 amide bonds. The first-order valence-electron chi connectivity index (χ1n) is 8.74. The van der Waals surface area contributed by atoms with Crippen LogP contribution in [-0.4, -0.2) is 38.8 Å². The van der Waals surface area contributed by atoms with E-state index < -0.39 is 35.7 Å². The minimum Gasteiger partial charge on any atom is -0.491 e. The molecule has 2 aromatic heterocycles. The van der Waals surface area contributed by atoms with Crippen molar-refractivity contribution in [1.29, 1.82) is 0 Å². The van der Waals surface area contributed by atoms with Crippen LogP contribution >= 0.6 is 0 Å². The number of halogens is 4. The number of hydrogen-bond donors (Lipinski definition) is 0. The number of fused-ring (bicyclic) bond motifs is 1. The van der Waals surface area contributed by atoms with E-state index in [9.17, 15) is 22.4 Å². The van der Waals surface area contributed by atoms with Gasteiger partial charge in [-0.1, -0.05) is 10.3 Å². The van der Waals surface area contributed by atoms with Gasteiger partial charge in [0.1, 0.15) is 18.2 Å². The highest BCUT2D eigenvalue weighted by Gasteiger charge is 2.39. The molecule has 12 heteroatoms. The first kappa shape index (κ1) is 19.9. The molecule has 0 aliphatic carbocycles. The standard InChI is InChI=1S/C18H14F4N4O4/c1-8-3-14(29-24-8)16(27)26-6-11-12(19)4-10(5-13(11)28-7-9(26)2)15-23-17(30-25-15)18(20,21)22/h3-5,9H,6-7H2,1-2H3/t9-/m0/s1. The van der Waals surface area contributed by atoms with Crippen LogP contribution in [0.25, 0.3) is 11.4 Å². The minimum absolute atomic E-state index is 0.00584. The molecule has 1 aliphatic heterocycles. The lowest BCUT2D eigenvalue weighted by molar-refractivity contribution is -0.159. The summed E-state index contributed by atoms with van der Waals surface area (Å²) >= 11 is 0. The zero-order valence-electron chi connectivity index (χ0n) is 15.7. The van der Waals surface area contributed by atoms with Crippen LogP contribution in [0, 0.1) is 12.7 Å². The van der Waals surface area contributed by atoms with Crippen LogP contribution in [0.1, 0.15) is 34.6 Å². The number of aromatic nitrogens is 3. The van der Waals surface area contributed by atoms with E-state index in [1.807, 2.05) is 0 Å². The number of alkyl halides is 3. The number of rotatable bonds is 2. The second kappa shape index (κ2) is 7.11. The summed E-state index contributed by atoms with van der Waals surface area (Å²) < 4.78 is 67.7. The second-order valence-electron chi connectivity index (χ2n) is 6.78. The Labute approximate surface area is 166 Å². The summed E-state index contributed by atoms with van der Waals surface area (Å²) in [6.45, 7) is 3.25. The lowest BCUT2D eigenvalue weighted by Crippen LogP contribution is -2.39. The first-order chi connectivity index (χ1) is 14.1. The highest BCUT2D eigenvalue weighted by Crippen LogP contribution is 2.34. The van der Waals surface area contributed by atoms with Crippen molar-refractivity contribution in [1.82, 2.24) is 20.2 Å². The summed E-state index contributed by atoms with van der Waals surface area (Å²) in [5.74, 6) is -3.18. The predicted molar refractivity (Wildman–Crippen MR) is 90.8 cm³/mol.